The lowest BCUT2D eigenvalue weighted by Crippen LogP contribution is -2.29. The predicted octanol–water partition coefficient (Wildman–Crippen LogP) is 4.49. The SMILES string of the molecule is O=C(NC1CC1)[C@H](Sc1ncnc2c1oc1ccccc12)c1ccccc1. The largest absolute Gasteiger partial charge is 0.451 e. The van der Waals surface area contributed by atoms with E-state index in [0.717, 1.165) is 34.9 Å². The van der Waals surface area contributed by atoms with E-state index < -0.39 is 5.25 Å². The molecule has 0 radical (unpaired) electrons. The third-order valence-electron chi connectivity index (χ3n) is 4.62. The quantitative estimate of drug-likeness (QED) is 0.411. The number of benzene rings is 2. The molecule has 0 bridgehead atoms. The Hall–Kier alpha value is -2.86. The van der Waals surface area contributed by atoms with Crippen molar-refractivity contribution in [1.82, 2.24) is 15.3 Å². The number of para-hydroxylation sites is 1. The van der Waals surface area contributed by atoms with Crippen molar-refractivity contribution in [2.24, 2.45) is 0 Å². The third-order valence-corrected chi connectivity index (χ3v) is 5.86. The number of hydrogen-bond acceptors (Lipinski definition) is 5. The average Bonchev–Trinajstić information content (AvgIpc) is 3.44. The van der Waals surface area contributed by atoms with Crippen LogP contribution in [-0.2, 0) is 4.79 Å². The number of amides is 1. The zero-order chi connectivity index (χ0) is 18.2. The van der Waals surface area contributed by atoms with Crippen LogP contribution in [0.5, 0.6) is 0 Å². The van der Waals surface area contributed by atoms with Crippen LogP contribution in [0.2, 0.25) is 0 Å². The normalized spacial score (nSPS) is 15.1. The Kier molecular flexibility index (Phi) is 4.05. The lowest BCUT2D eigenvalue weighted by molar-refractivity contribution is -0.120. The maximum absolute atomic E-state index is 12.9. The highest BCUT2D eigenvalue weighted by Crippen LogP contribution is 2.40. The molecule has 0 spiro atoms. The summed E-state index contributed by atoms with van der Waals surface area (Å²) in [7, 11) is 0. The Morgan fingerprint density at radius 3 is 2.67 bits per heavy atom. The van der Waals surface area contributed by atoms with Crippen LogP contribution < -0.4 is 5.32 Å². The lowest BCUT2D eigenvalue weighted by Gasteiger charge is -2.16. The van der Waals surface area contributed by atoms with Gasteiger partial charge in [-0.15, -0.1) is 0 Å². The molecule has 0 unspecified atom stereocenters. The molecule has 2 aromatic heterocycles. The average molecular weight is 375 g/mol. The molecule has 1 atom stereocenters. The summed E-state index contributed by atoms with van der Waals surface area (Å²) in [5.74, 6) is 0.0107. The zero-order valence-corrected chi connectivity index (χ0v) is 15.3. The highest BCUT2D eigenvalue weighted by Gasteiger charge is 2.30. The standard InChI is InChI=1S/C21H17N3O2S/c25-20(24-14-10-11-14)19(13-6-2-1-3-7-13)27-21-18-17(22-12-23-21)15-8-4-5-9-16(15)26-18/h1-9,12,14,19H,10-11H2,(H,24,25)/t19-/m1/s1. The Balaban J connectivity index is 1.56. The fourth-order valence-corrected chi connectivity index (χ4v) is 4.15. The second kappa shape index (κ2) is 6.70. The van der Waals surface area contributed by atoms with Crippen LogP contribution in [0.15, 0.2) is 70.4 Å². The fourth-order valence-electron chi connectivity index (χ4n) is 3.10. The van der Waals surface area contributed by atoms with Crippen molar-refractivity contribution in [1.29, 1.82) is 0 Å². The van der Waals surface area contributed by atoms with Crippen LogP contribution in [0, 0.1) is 0 Å². The highest BCUT2D eigenvalue weighted by molar-refractivity contribution is 8.00. The first kappa shape index (κ1) is 16.3. The zero-order valence-electron chi connectivity index (χ0n) is 14.5. The van der Waals surface area contributed by atoms with Gasteiger partial charge < -0.3 is 9.73 Å². The van der Waals surface area contributed by atoms with E-state index in [-0.39, 0.29) is 5.91 Å². The fraction of sp³-hybridized carbons (Fsp3) is 0.190. The monoisotopic (exact) mass is 375 g/mol. The second-order valence-corrected chi connectivity index (χ2v) is 7.74. The molecule has 4 aromatic rings. The maximum Gasteiger partial charge on any atom is 0.238 e. The summed E-state index contributed by atoms with van der Waals surface area (Å²) in [5.41, 5.74) is 3.12. The van der Waals surface area contributed by atoms with E-state index >= 15 is 0 Å². The van der Waals surface area contributed by atoms with Gasteiger partial charge in [0.1, 0.15) is 27.7 Å². The first-order chi connectivity index (χ1) is 13.3. The number of thioether (sulfide) groups is 1. The van der Waals surface area contributed by atoms with Crippen molar-refractivity contribution in [2.75, 3.05) is 0 Å². The van der Waals surface area contributed by atoms with Gasteiger partial charge in [-0.2, -0.15) is 0 Å². The summed E-state index contributed by atoms with van der Waals surface area (Å²) in [6.07, 6.45) is 3.64. The number of carbonyl (C=O) groups excluding carboxylic acids is 1. The van der Waals surface area contributed by atoms with Crippen molar-refractivity contribution in [2.45, 2.75) is 29.2 Å². The highest BCUT2D eigenvalue weighted by atomic mass is 32.2. The van der Waals surface area contributed by atoms with Crippen LogP contribution in [0.4, 0.5) is 0 Å². The van der Waals surface area contributed by atoms with Crippen molar-refractivity contribution < 1.29 is 9.21 Å². The van der Waals surface area contributed by atoms with Gasteiger partial charge in [-0.05, 0) is 30.5 Å². The molecule has 6 heteroatoms. The minimum atomic E-state index is -0.391. The Morgan fingerprint density at radius 1 is 1.07 bits per heavy atom. The van der Waals surface area contributed by atoms with Crippen LogP contribution in [0.1, 0.15) is 23.7 Å². The number of aromatic nitrogens is 2. The van der Waals surface area contributed by atoms with E-state index in [4.69, 9.17) is 4.42 Å². The molecule has 1 N–H and O–H groups in total. The van der Waals surface area contributed by atoms with Gasteiger partial charge in [-0.25, -0.2) is 9.97 Å². The minimum Gasteiger partial charge on any atom is -0.451 e. The summed E-state index contributed by atoms with van der Waals surface area (Å²) >= 11 is 1.41. The van der Waals surface area contributed by atoms with Gasteiger partial charge in [0.15, 0.2) is 5.58 Å². The van der Waals surface area contributed by atoms with Gasteiger partial charge in [0, 0.05) is 11.4 Å². The van der Waals surface area contributed by atoms with E-state index in [9.17, 15) is 4.79 Å². The van der Waals surface area contributed by atoms with Crippen molar-refractivity contribution in [3.05, 3.63) is 66.5 Å². The molecule has 5 nitrogen and oxygen atoms in total. The maximum atomic E-state index is 12.9. The predicted molar refractivity (Wildman–Crippen MR) is 106 cm³/mol. The molecular weight excluding hydrogens is 358 g/mol. The van der Waals surface area contributed by atoms with E-state index in [1.54, 1.807) is 0 Å². The Labute approximate surface area is 160 Å². The summed E-state index contributed by atoms with van der Waals surface area (Å²) < 4.78 is 6.02. The van der Waals surface area contributed by atoms with E-state index in [0.29, 0.717) is 16.7 Å². The molecule has 0 aliphatic heterocycles. The molecule has 0 saturated heterocycles. The lowest BCUT2D eigenvalue weighted by atomic mass is 10.1. The van der Waals surface area contributed by atoms with Gasteiger partial charge in [-0.3, -0.25) is 4.79 Å². The topological polar surface area (TPSA) is 68.0 Å². The number of carbonyl (C=O) groups is 1. The summed E-state index contributed by atoms with van der Waals surface area (Å²) in [5, 5.41) is 4.35. The van der Waals surface area contributed by atoms with Crippen LogP contribution >= 0.6 is 11.8 Å². The first-order valence-electron chi connectivity index (χ1n) is 8.94. The molecule has 27 heavy (non-hydrogen) atoms. The molecule has 1 amide bonds. The minimum absolute atomic E-state index is 0.0107. The third kappa shape index (κ3) is 3.17. The van der Waals surface area contributed by atoms with E-state index in [1.165, 1.54) is 18.1 Å². The van der Waals surface area contributed by atoms with Crippen molar-refractivity contribution >= 4 is 39.7 Å². The molecule has 2 heterocycles. The summed E-state index contributed by atoms with van der Waals surface area (Å²) in [6, 6.07) is 17.9. The van der Waals surface area contributed by atoms with Gasteiger partial charge in [0.25, 0.3) is 0 Å². The molecule has 134 valence electrons. The smallest absolute Gasteiger partial charge is 0.238 e. The van der Waals surface area contributed by atoms with Gasteiger partial charge in [0.05, 0.1) is 0 Å². The van der Waals surface area contributed by atoms with Gasteiger partial charge in [-0.1, -0.05) is 54.2 Å². The Bertz CT molecular complexity index is 1120. The number of nitrogens with one attached hydrogen (secondary N) is 1. The molecule has 1 saturated carbocycles. The van der Waals surface area contributed by atoms with E-state index in [2.05, 4.69) is 15.3 Å². The van der Waals surface area contributed by atoms with Crippen LogP contribution in [0.3, 0.4) is 0 Å². The van der Waals surface area contributed by atoms with Crippen molar-refractivity contribution in [3.8, 4) is 0 Å². The number of fused-ring (bicyclic) bond motifs is 3. The van der Waals surface area contributed by atoms with Crippen molar-refractivity contribution in [3.63, 3.8) is 0 Å². The van der Waals surface area contributed by atoms with Crippen LogP contribution in [-0.4, -0.2) is 21.9 Å². The molecular formula is C21H17N3O2S. The molecule has 2 aromatic carbocycles. The number of furan rings is 1. The number of nitrogens with zero attached hydrogens (tertiary/aromatic N) is 2. The Morgan fingerprint density at radius 2 is 1.85 bits per heavy atom. The molecule has 5 rings (SSSR count). The number of rotatable bonds is 5. The summed E-state index contributed by atoms with van der Waals surface area (Å²) in [6.45, 7) is 0. The van der Waals surface area contributed by atoms with Gasteiger partial charge >= 0.3 is 0 Å². The van der Waals surface area contributed by atoms with Gasteiger partial charge in [0.2, 0.25) is 5.91 Å². The molecule has 1 fully saturated rings. The van der Waals surface area contributed by atoms with Crippen LogP contribution in [0.25, 0.3) is 22.1 Å². The molecule has 1 aliphatic carbocycles. The molecule has 1 aliphatic rings. The van der Waals surface area contributed by atoms with E-state index in [1.807, 2.05) is 54.6 Å². The number of hydrogen-bond donors (Lipinski definition) is 1. The second-order valence-electron chi connectivity index (χ2n) is 6.65. The summed E-state index contributed by atoms with van der Waals surface area (Å²) in [4.78, 5) is 21.7. The first-order valence-corrected chi connectivity index (χ1v) is 9.82.